The van der Waals surface area contributed by atoms with Crippen molar-refractivity contribution >= 4 is 30.0 Å². The number of carbonyl (C=O) groups is 2. The van der Waals surface area contributed by atoms with Crippen LogP contribution in [0.3, 0.4) is 0 Å². The number of anilines is 1. The molecule has 0 spiro atoms. The SMILES string of the molecule is Cl.O=C(O)C(CCC(=O)N1CCN(c2ccncc2)CC1)C1CCNCC1. The van der Waals surface area contributed by atoms with Crippen LogP contribution < -0.4 is 10.2 Å². The highest BCUT2D eigenvalue weighted by atomic mass is 35.5. The topological polar surface area (TPSA) is 85.8 Å². The minimum atomic E-state index is -0.757. The highest BCUT2D eigenvalue weighted by Crippen LogP contribution is 2.26. The third kappa shape index (κ3) is 5.81. The summed E-state index contributed by atoms with van der Waals surface area (Å²) in [5, 5.41) is 12.8. The molecular weight excluding hydrogens is 368 g/mol. The van der Waals surface area contributed by atoms with Crippen LogP contribution in [0.25, 0.3) is 0 Å². The van der Waals surface area contributed by atoms with Crippen molar-refractivity contribution in [2.45, 2.75) is 25.7 Å². The molecule has 1 amide bonds. The van der Waals surface area contributed by atoms with E-state index in [9.17, 15) is 14.7 Å². The molecule has 1 atom stereocenters. The predicted molar refractivity (Wildman–Crippen MR) is 106 cm³/mol. The normalized spacial score (nSPS) is 19.3. The summed E-state index contributed by atoms with van der Waals surface area (Å²) >= 11 is 0. The zero-order chi connectivity index (χ0) is 18.4. The molecule has 150 valence electrons. The monoisotopic (exact) mass is 396 g/mol. The number of aliphatic carboxylic acids is 1. The van der Waals surface area contributed by atoms with E-state index in [-0.39, 0.29) is 24.2 Å². The molecule has 0 saturated carbocycles. The smallest absolute Gasteiger partial charge is 0.306 e. The lowest BCUT2D eigenvalue weighted by Crippen LogP contribution is -2.49. The maximum absolute atomic E-state index is 12.5. The molecule has 2 aliphatic heterocycles. The van der Waals surface area contributed by atoms with E-state index < -0.39 is 11.9 Å². The summed E-state index contributed by atoms with van der Waals surface area (Å²) in [6.07, 6.45) is 6.10. The number of piperidine rings is 1. The van der Waals surface area contributed by atoms with Gasteiger partial charge in [-0.25, -0.2) is 0 Å². The van der Waals surface area contributed by atoms with E-state index in [0.29, 0.717) is 25.9 Å². The Balaban J connectivity index is 0.00000261. The second-order valence-electron chi connectivity index (χ2n) is 7.14. The lowest BCUT2D eigenvalue weighted by molar-refractivity contribution is -0.144. The van der Waals surface area contributed by atoms with Crippen LogP contribution in [-0.4, -0.2) is 66.1 Å². The van der Waals surface area contributed by atoms with Crippen molar-refractivity contribution in [3.8, 4) is 0 Å². The number of rotatable bonds is 6. The van der Waals surface area contributed by atoms with E-state index in [0.717, 1.165) is 44.7 Å². The van der Waals surface area contributed by atoms with Crippen LogP contribution in [-0.2, 0) is 9.59 Å². The number of aromatic nitrogens is 1. The Labute approximate surface area is 166 Å². The highest BCUT2D eigenvalue weighted by Gasteiger charge is 2.30. The van der Waals surface area contributed by atoms with Gasteiger partial charge in [0.05, 0.1) is 5.92 Å². The van der Waals surface area contributed by atoms with Crippen molar-refractivity contribution in [2.24, 2.45) is 11.8 Å². The number of nitrogens with zero attached hydrogens (tertiary/aromatic N) is 3. The van der Waals surface area contributed by atoms with Gasteiger partial charge in [0.25, 0.3) is 0 Å². The predicted octanol–water partition coefficient (Wildman–Crippen LogP) is 1.63. The number of piperazine rings is 1. The van der Waals surface area contributed by atoms with Gasteiger partial charge in [-0.05, 0) is 50.4 Å². The van der Waals surface area contributed by atoms with Crippen molar-refractivity contribution in [3.05, 3.63) is 24.5 Å². The number of carboxylic acid groups (broad SMARTS) is 1. The molecule has 0 bridgehead atoms. The van der Waals surface area contributed by atoms with E-state index in [2.05, 4.69) is 15.2 Å². The molecule has 2 saturated heterocycles. The lowest BCUT2D eigenvalue weighted by Gasteiger charge is -2.36. The summed E-state index contributed by atoms with van der Waals surface area (Å²) in [5.74, 6) is -0.893. The van der Waals surface area contributed by atoms with Gasteiger partial charge in [-0.15, -0.1) is 12.4 Å². The van der Waals surface area contributed by atoms with Crippen LogP contribution in [0.4, 0.5) is 5.69 Å². The molecule has 1 aromatic heterocycles. The molecule has 0 aliphatic carbocycles. The first-order chi connectivity index (χ1) is 12.6. The first kappa shape index (κ1) is 21.4. The molecule has 3 heterocycles. The van der Waals surface area contributed by atoms with Gasteiger partial charge in [-0.1, -0.05) is 0 Å². The first-order valence-corrected chi connectivity index (χ1v) is 9.51. The van der Waals surface area contributed by atoms with Gasteiger partial charge >= 0.3 is 5.97 Å². The summed E-state index contributed by atoms with van der Waals surface area (Å²) in [7, 11) is 0. The van der Waals surface area contributed by atoms with Crippen molar-refractivity contribution < 1.29 is 14.7 Å². The molecule has 1 unspecified atom stereocenters. The molecule has 0 aromatic carbocycles. The van der Waals surface area contributed by atoms with Gasteiger partial charge in [0, 0.05) is 50.7 Å². The maximum atomic E-state index is 12.5. The van der Waals surface area contributed by atoms with Gasteiger partial charge in [0.1, 0.15) is 0 Å². The summed E-state index contributed by atoms with van der Waals surface area (Å²) in [6, 6.07) is 3.96. The third-order valence-corrected chi connectivity index (χ3v) is 5.60. The number of pyridine rings is 1. The molecule has 3 rings (SSSR count). The Bertz CT molecular complexity index is 602. The van der Waals surface area contributed by atoms with E-state index >= 15 is 0 Å². The average molecular weight is 397 g/mol. The number of halogens is 1. The highest BCUT2D eigenvalue weighted by molar-refractivity contribution is 5.85. The second-order valence-corrected chi connectivity index (χ2v) is 7.14. The third-order valence-electron chi connectivity index (χ3n) is 5.60. The molecule has 27 heavy (non-hydrogen) atoms. The minimum absolute atomic E-state index is 0. The number of nitrogens with one attached hydrogen (secondary N) is 1. The molecule has 7 nitrogen and oxygen atoms in total. The van der Waals surface area contributed by atoms with Gasteiger partial charge in [-0.2, -0.15) is 0 Å². The molecular formula is C19H29ClN4O3. The molecule has 2 N–H and O–H groups in total. The summed E-state index contributed by atoms with van der Waals surface area (Å²) in [6.45, 7) is 4.72. The number of hydrogen-bond acceptors (Lipinski definition) is 5. The van der Waals surface area contributed by atoms with E-state index in [1.165, 1.54) is 0 Å². The van der Waals surface area contributed by atoms with Crippen LogP contribution in [0, 0.1) is 11.8 Å². The molecule has 8 heteroatoms. The molecule has 0 radical (unpaired) electrons. The summed E-state index contributed by atoms with van der Waals surface area (Å²) in [5.41, 5.74) is 1.13. The molecule has 2 aliphatic rings. The number of amides is 1. The van der Waals surface area contributed by atoms with Crippen LogP contribution in [0.5, 0.6) is 0 Å². The summed E-state index contributed by atoms with van der Waals surface area (Å²) in [4.78, 5) is 32.3. The Hall–Kier alpha value is -1.86. The number of hydrogen-bond donors (Lipinski definition) is 2. The van der Waals surface area contributed by atoms with Gasteiger partial charge in [0.2, 0.25) is 5.91 Å². The molecule has 1 aromatic rings. The zero-order valence-corrected chi connectivity index (χ0v) is 16.4. The first-order valence-electron chi connectivity index (χ1n) is 9.51. The van der Waals surface area contributed by atoms with Crippen LogP contribution >= 0.6 is 12.4 Å². The van der Waals surface area contributed by atoms with Crippen molar-refractivity contribution in [3.63, 3.8) is 0 Å². The summed E-state index contributed by atoms with van der Waals surface area (Å²) < 4.78 is 0. The van der Waals surface area contributed by atoms with Crippen LogP contribution in [0.1, 0.15) is 25.7 Å². The van der Waals surface area contributed by atoms with E-state index in [1.54, 1.807) is 12.4 Å². The quantitative estimate of drug-likeness (QED) is 0.760. The van der Waals surface area contributed by atoms with E-state index in [4.69, 9.17) is 0 Å². The van der Waals surface area contributed by atoms with Crippen molar-refractivity contribution in [2.75, 3.05) is 44.2 Å². The Morgan fingerprint density at radius 2 is 1.78 bits per heavy atom. The Morgan fingerprint density at radius 3 is 2.37 bits per heavy atom. The number of carbonyl (C=O) groups excluding carboxylic acids is 1. The fourth-order valence-electron chi connectivity index (χ4n) is 4.01. The second kappa shape index (κ2) is 10.5. The van der Waals surface area contributed by atoms with Gasteiger partial charge in [0.15, 0.2) is 0 Å². The Kier molecular flexibility index (Phi) is 8.31. The minimum Gasteiger partial charge on any atom is -0.481 e. The maximum Gasteiger partial charge on any atom is 0.306 e. The lowest BCUT2D eigenvalue weighted by atomic mass is 9.82. The Morgan fingerprint density at radius 1 is 1.15 bits per heavy atom. The van der Waals surface area contributed by atoms with Gasteiger partial charge < -0.3 is 20.2 Å². The molecule has 2 fully saturated rings. The van der Waals surface area contributed by atoms with Crippen molar-refractivity contribution in [1.82, 2.24) is 15.2 Å². The zero-order valence-electron chi connectivity index (χ0n) is 15.5. The largest absolute Gasteiger partial charge is 0.481 e. The van der Waals surface area contributed by atoms with Gasteiger partial charge in [-0.3, -0.25) is 14.6 Å². The van der Waals surface area contributed by atoms with Crippen LogP contribution in [0.2, 0.25) is 0 Å². The standard InChI is InChI=1S/C19H28N4O3.ClH/c24-18(2-1-17(19(25)26)15-3-7-20-8-4-15)23-13-11-22(12-14-23)16-5-9-21-10-6-16;/h5-6,9-10,15,17,20H,1-4,7-8,11-14H2,(H,25,26);1H. The fourth-order valence-corrected chi connectivity index (χ4v) is 4.01. The van der Waals surface area contributed by atoms with Crippen molar-refractivity contribution in [1.29, 1.82) is 0 Å². The van der Waals surface area contributed by atoms with Crippen LogP contribution in [0.15, 0.2) is 24.5 Å². The number of carboxylic acids is 1. The van der Waals surface area contributed by atoms with E-state index in [1.807, 2.05) is 17.0 Å². The average Bonchev–Trinajstić information content (AvgIpc) is 2.69. The fraction of sp³-hybridized carbons (Fsp3) is 0.632.